The lowest BCUT2D eigenvalue weighted by molar-refractivity contribution is 0.0948. The van der Waals surface area contributed by atoms with Crippen molar-refractivity contribution < 1.29 is 4.79 Å². The Hall–Kier alpha value is -2.96. The number of benzene rings is 3. The van der Waals surface area contributed by atoms with Crippen molar-refractivity contribution in [1.82, 2.24) is 15.2 Å². The van der Waals surface area contributed by atoms with Gasteiger partial charge in [0.2, 0.25) is 0 Å². The standard InChI is InChI=1S/C22H16BrClN4O/c23-20-14-28(13-15-6-9-19(24)10-7-15)27-21(20)22(29)26-25-12-16-5-8-17-3-1-2-4-18(17)11-16/h1-12,14H,13H2,(H,26,29). The van der Waals surface area contributed by atoms with Crippen LogP contribution in [0.1, 0.15) is 21.6 Å². The second kappa shape index (κ2) is 8.59. The molecule has 0 aliphatic rings. The van der Waals surface area contributed by atoms with Gasteiger partial charge in [0.25, 0.3) is 5.91 Å². The quantitative estimate of drug-likeness (QED) is 0.321. The third-order valence-electron chi connectivity index (χ3n) is 4.34. The van der Waals surface area contributed by atoms with E-state index >= 15 is 0 Å². The van der Waals surface area contributed by atoms with Crippen molar-refractivity contribution >= 4 is 50.4 Å². The summed E-state index contributed by atoms with van der Waals surface area (Å²) in [6.07, 6.45) is 3.37. The van der Waals surface area contributed by atoms with Gasteiger partial charge in [0.1, 0.15) is 0 Å². The number of amides is 1. The maximum Gasteiger partial charge on any atom is 0.293 e. The monoisotopic (exact) mass is 466 g/mol. The normalized spacial score (nSPS) is 11.2. The lowest BCUT2D eigenvalue weighted by Crippen LogP contribution is -2.19. The molecule has 1 aromatic heterocycles. The molecular weight excluding hydrogens is 452 g/mol. The molecule has 0 fully saturated rings. The molecule has 0 saturated carbocycles. The molecular formula is C22H16BrClN4O. The highest BCUT2D eigenvalue weighted by atomic mass is 79.9. The van der Waals surface area contributed by atoms with Gasteiger partial charge in [-0.3, -0.25) is 9.48 Å². The van der Waals surface area contributed by atoms with Crippen molar-refractivity contribution in [2.24, 2.45) is 5.10 Å². The summed E-state index contributed by atoms with van der Waals surface area (Å²) >= 11 is 9.30. The molecule has 0 atom stereocenters. The van der Waals surface area contributed by atoms with E-state index in [0.29, 0.717) is 16.0 Å². The first kappa shape index (κ1) is 19.4. The minimum absolute atomic E-state index is 0.273. The molecule has 4 aromatic rings. The first-order valence-corrected chi connectivity index (χ1v) is 10.1. The summed E-state index contributed by atoms with van der Waals surface area (Å²) in [6.45, 7) is 0.531. The van der Waals surface area contributed by atoms with E-state index in [1.807, 2.05) is 60.7 Å². The molecule has 1 heterocycles. The number of halogens is 2. The van der Waals surface area contributed by atoms with Crippen LogP contribution in [0.2, 0.25) is 5.02 Å². The fourth-order valence-electron chi connectivity index (χ4n) is 2.92. The van der Waals surface area contributed by atoms with Crippen molar-refractivity contribution in [2.75, 3.05) is 0 Å². The van der Waals surface area contributed by atoms with Crippen LogP contribution in [0.4, 0.5) is 0 Å². The van der Waals surface area contributed by atoms with Crippen molar-refractivity contribution in [1.29, 1.82) is 0 Å². The third-order valence-corrected chi connectivity index (χ3v) is 5.18. The molecule has 1 N–H and O–H groups in total. The van der Waals surface area contributed by atoms with E-state index in [0.717, 1.165) is 21.9 Å². The van der Waals surface area contributed by atoms with Crippen molar-refractivity contribution in [2.45, 2.75) is 6.54 Å². The fraction of sp³-hybridized carbons (Fsp3) is 0.0455. The zero-order valence-electron chi connectivity index (χ0n) is 15.2. The molecule has 0 saturated heterocycles. The zero-order chi connectivity index (χ0) is 20.2. The molecule has 0 bridgehead atoms. The highest BCUT2D eigenvalue weighted by molar-refractivity contribution is 9.10. The van der Waals surface area contributed by atoms with Gasteiger partial charge >= 0.3 is 0 Å². The summed E-state index contributed by atoms with van der Waals surface area (Å²) in [5, 5.41) is 11.4. The number of nitrogens with one attached hydrogen (secondary N) is 1. The SMILES string of the molecule is O=C(NN=Cc1ccc2ccccc2c1)c1nn(Cc2ccc(Cl)cc2)cc1Br. The Morgan fingerprint density at radius 1 is 1.10 bits per heavy atom. The van der Waals surface area contributed by atoms with Crippen LogP contribution in [0.25, 0.3) is 10.8 Å². The maximum absolute atomic E-state index is 12.4. The Labute approximate surface area is 181 Å². The second-order valence-corrected chi connectivity index (χ2v) is 7.75. The van der Waals surface area contributed by atoms with Crippen LogP contribution in [-0.2, 0) is 6.54 Å². The van der Waals surface area contributed by atoms with E-state index in [4.69, 9.17) is 11.6 Å². The van der Waals surface area contributed by atoms with Crippen molar-refractivity contribution in [3.63, 3.8) is 0 Å². The number of rotatable bonds is 5. The van der Waals surface area contributed by atoms with E-state index in [1.165, 1.54) is 0 Å². The first-order chi connectivity index (χ1) is 14.1. The smallest absolute Gasteiger partial charge is 0.266 e. The Kier molecular flexibility index (Phi) is 5.74. The molecule has 144 valence electrons. The summed E-state index contributed by atoms with van der Waals surface area (Å²) in [6, 6.07) is 21.6. The van der Waals surface area contributed by atoms with Gasteiger partial charge in [0.05, 0.1) is 17.2 Å². The van der Waals surface area contributed by atoms with Gasteiger partial charge < -0.3 is 0 Å². The van der Waals surface area contributed by atoms with Gasteiger partial charge in [-0.1, -0.05) is 60.1 Å². The van der Waals surface area contributed by atoms with Crippen LogP contribution >= 0.6 is 27.5 Å². The van der Waals surface area contributed by atoms with Crippen LogP contribution in [0, 0.1) is 0 Å². The number of hydrogen-bond donors (Lipinski definition) is 1. The van der Waals surface area contributed by atoms with Gasteiger partial charge in [0.15, 0.2) is 5.69 Å². The van der Waals surface area contributed by atoms with E-state index in [1.54, 1.807) is 17.1 Å². The molecule has 0 unspecified atom stereocenters. The summed E-state index contributed by atoms with van der Waals surface area (Å²) in [7, 11) is 0. The number of fused-ring (bicyclic) bond motifs is 1. The summed E-state index contributed by atoms with van der Waals surface area (Å²) < 4.78 is 2.29. The first-order valence-electron chi connectivity index (χ1n) is 8.88. The van der Waals surface area contributed by atoms with Crippen LogP contribution < -0.4 is 5.43 Å². The average molecular weight is 468 g/mol. The Morgan fingerprint density at radius 3 is 2.66 bits per heavy atom. The Bertz CT molecular complexity index is 1200. The second-order valence-electron chi connectivity index (χ2n) is 6.46. The van der Waals surface area contributed by atoms with E-state index in [9.17, 15) is 4.79 Å². The van der Waals surface area contributed by atoms with E-state index in [-0.39, 0.29) is 11.6 Å². The predicted octanol–water partition coefficient (Wildman–Crippen LogP) is 5.26. The number of nitrogens with zero attached hydrogens (tertiary/aromatic N) is 3. The molecule has 0 spiro atoms. The molecule has 0 aliphatic heterocycles. The van der Waals surface area contributed by atoms with Crippen LogP contribution in [-0.4, -0.2) is 21.9 Å². The van der Waals surface area contributed by atoms with Crippen LogP contribution in [0.5, 0.6) is 0 Å². The van der Waals surface area contributed by atoms with E-state index < -0.39 is 0 Å². The summed E-state index contributed by atoms with van der Waals surface area (Å²) in [5.74, 6) is -0.385. The highest BCUT2D eigenvalue weighted by Gasteiger charge is 2.14. The Morgan fingerprint density at radius 2 is 1.86 bits per heavy atom. The number of hydrazone groups is 1. The minimum atomic E-state index is -0.385. The number of aromatic nitrogens is 2. The third kappa shape index (κ3) is 4.72. The van der Waals surface area contributed by atoms with Crippen LogP contribution in [0.15, 0.2) is 82.5 Å². The van der Waals surface area contributed by atoms with Gasteiger partial charge in [0, 0.05) is 11.2 Å². The van der Waals surface area contributed by atoms with Gasteiger partial charge in [-0.25, -0.2) is 5.43 Å². The number of carbonyl (C=O) groups is 1. The summed E-state index contributed by atoms with van der Waals surface area (Å²) in [4.78, 5) is 12.4. The summed E-state index contributed by atoms with van der Waals surface area (Å²) in [5.41, 5.74) is 4.73. The molecule has 1 amide bonds. The van der Waals surface area contributed by atoms with Gasteiger partial charge in [-0.05, 0) is 56.0 Å². The molecule has 5 nitrogen and oxygen atoms in total. The molecule has 0 radical (unpaired) electrons. The van der Waals surface area contributed by atoms with Crippen molar-refractivity contribution in [3.8, 4) is 0 Å². The number of carbonyl (C=O) groups excluding carboxylic acids is 1. The van der Waals surface area contributed by atoms with Gasteiger partial charge in [-0.15, -0.1) is 0 Å². The molecule has 3 aromatic carbocycles. The minimum Gasteiger partial charge on any atom is -0.266 e. The maximum atomic E-state index is 12.4. The lowest BCUT2D eigenvalue weighted by atomic mass is 10.1. The highest BCUT2D eigenvalue weighted by Crippen LogP contribution is 2.17. The van der Waals surface area contributed by atoms with E-state index in [2.05, 4.69) is 37.6 Å². The fourth-order valence-corrected chi connectivity index (χ4v) is 3.54. The zero-order valence-corrected chi connectivity index (χ0v) is 17.6. The molecule has 0 aliphatic carbocycles. The largest absolute Gasteiger partial charge is 0.293 e. The molecule has 7 heteroatoms. The molecule has 4 rings (SSSR count). The van der Waals surface area contributed by atoms with Crippen molar-refractivity contribution in [3.05, 3.63) is 99.2 Å². The Balaban J connectivity index is 1.43. The van der Waals surface area contributed by atoms with Gasteiger partial charge in [-0.2, -0.15) is 10.2 Å². The number of hydrogen-bond acceptors (Lipinski definition) is 3. The average Bonchev–Trinajstić information content (AvgIpc) is 3.09. The predicted molar refractivity (Wildman–Crippen MR) is 119 cm³/mol. The van der Waals surface area contributed by atoms with Crippen LogP contribution in [0.3, 0.4) is 0 Å². The lowest BCUT2D eigenvalue weighted by Gasteiger charge is -2.02. The molecule has 29 heavy (non-hydrogen) atoms. The topological polar surface area (TPSA) is 59.3 Å².